The normalized spacial score (nSPS) is 13.2. The van der Waals surface area contributed by atoms with Gasteiger partial charge in [0, 0.05) is 49.2 Å². The van der Waals surface area contributed by atoms with Gasteiger partial charge in [0.05, 0.1) is 30.8 Å². The van der Waals surface area contributed by atoms with E-state index < -0.39 is 23.1 Å². The third-order valence-corrected chi connectivity index (χ3v) is 7.51. The minimum absolute atomic E-state index is 0.197. The molecule has 0 aliphatic carbocycles. The fourth-order valence-corrected chi connectivity index (χ4v) is 5.09. The van der Waals surface area contributed by atoms with Gasteiger partial charge in [0.1, 0.15) is 40.2 Å². The number of nitrogens with zero attached hydrogens (tertiary/aromatic N) is 6. The Morgan fingerprint density at radius 2 is 1.75 bits per heavy atom. The Balaban J connectivity index is 1.24. The standard InChI is InChI=1S/C31H28F2N8O3/c1-18-27(31(43)41(39(18)2)25-16-21(32)5-8-23(25)33)30(42)37-22-6-3-19(4-7-22)28-29(34)36-17-24(38-28)20-9-10-35-26(15-20)40-11-13-44-14-12-40/h3-10,15-17H,11-14H2,1-2H3,(H2,34,36)(H,37,42). The van der Waals surface area contributed by atoms with Gasteiger partial charge < -0.3 is 20.7 Å². The second-order valence-corrected chi connectivity index (χ2v) is 10.2. The van der Waals surface area contributed by atoms with Gasteiger partial charge >= 0.3 is 0 Å². The van der Waals surface area contributed by atoms with Gasteiger partial charge in [-0.3, -0.25) is 14.3 Å². The molecule has 224 valence electrons. The van der Waals surface area contributed by atoms with Gasteiger partial charge in [0.2, 0.25) is 0 Å². The highest BCUT2D eigenvalue weighted by Gasteiger charge is 2.24. The van der Waals surface area contributed by atoms with Crippen molar-refractivity contribution in [2.75, 3.05) is 42.3 Å². The van der Waals surface area contributed by atoms with Crippen LogP contribution in [-0.2, 0) is 11.8 Å². The first kappa shape index (κ1) is 28.7. The number of nitrogens with two attached hydrogens (primary N) is 1. The molecular weight excluding hydrogens is 570 g/mol. The zero-order chi connectivity index (χ0) is 31.0. The molecule has 3 N–H and O–H groups in total. The molecule has 1 fully saturated rings. The molecule has 13 heteroatoms. The summed E-state index contributed by atoms with van der Waals surface area (Å²) in [6.45, 7) is 4.35. The van der Waals surface area contributed by atoms with Crippen molar-refractivity contribution in [3.05, 3.63) is 100 Å². The van der Waals surface area contributed by atoms with Crippen LogP contribution in [0, 0.1) is 18.6 Å². The average Bonchev–Trinajstić information content (AvgIpc) is 3.26. The summed E-state index contributed by atoms with van der Waals surface area (Å²) in [6.07, 6.45) is 3.34. The first-order chi connectivity index (χ1) is 21.2. The number of pyridine rings is 1. The number of rotatable bonds is 6. The molecule has 2 aromatic carbocycles. The molecule has 0 radical (unpaired) electrons. The SMILES string of the molecule is Cc1c(C(=O)Nc2ccc(-c3nc(-c4ccnc(N5CCOCC5)c4)cnc3N)cc2)c(=O)n(-c2cc(F)ccc2F)n1C. The zero-order valence-corrected chi connectivity index (χ0v) is 23.9. The van der Waals surface area contributed by atoms with Gasteiger partial charge in [-0.05, 0) is 43.3 Å². The zero-order valence-electron chi connectivity index (χ0n) is 23.9. The van der Waals surface area contributed by atoms with E-state index >= 15 is 0 Å². The van der Waals surface area contributed by atoms with Crippen molar-refractivity contribution in [1.29, 1.82) is 0 Å². The number of ether oxygens (including phenoxy) is 1. The van der Waals surface area contributed by atoms with Crippen molar-refractivity contribution in [3.8, 4) is 28.2 Å². The van der Waals surface area contributed by atoms with Crippen LogP contribution in [0.2, 0.25) is 0 Å². The third kappa shape index (κ3) is 5.40. The minimum Gasteiger partial charge on any atom is -0.382 e. The van der Waals surface area contributed by atoms with Crippen molar-refractivity contribution in [2.45, 2.75) is 6.92 Å². The highest BCUT2D eigenvalue weighted by Crippen LogP contribution is 2.28. The lowest BCUT2D eigenvalue weighted by atomic mass is 10.1. The molecular formula is C31H28F2N8O3. The Hall–Kier alpha value is -5.43. The molecule has 0 saturated carbocycles. The molecule has 0 atom stereocenters. The number of aromatic nitrogens is 5. The smallest absolute Gasteiger partial charge is 0.284 e. The maximum absolute atomic E-state index is 14.5. The number of hydrogen-bond donors (Lipinski definition) is 2. The number of hydrogen-bond acceptors (Lipinski definition) is 8. The summed E-state index contributed by atoms with van der Waals surface area (Å²) in [5, 5.41) is 2.70. The Bertz CT molecular complexity index is 1930. The molecule has 5 aromatic rings. The number of morpholine rings is 1. The van der Waals surface area contributed by atoms with Gasteiger partial charge in [-0.1, -0.05) is 12.1 Å². The number of carbonyl (C=O) groups is 1. The number of benzene rings is 2. The Labute approximate surface area is 250 Å². The van der Waals surface area contributed by atoms with Crippen molar-refractivity contribution < 1.29 is 18.3 Å². The summed E-state index contributed by atoms with van der Waals surface area (Å²) in [5.41, 5.74) is 8.17. The summed E-state index contributed by atoms with van der Waals surface area (Å²) < 4.78 is 36.0. The fraction of sp³-hybridized carbons (Fsp3) is 0.194. The Morgan fingerprint density at radius 3 is 2.50 bits per heavy atom. The molecule has 4 heterocycles. The predicted octanol–water partition coefficient (Wildman–Crippen LogP) is 3.95. The van der Waals surface area contributed by atoms with Crippen molar-refractivity contribution in [1.82, 2.24) is 24.3 Å². The van der Waals surface area contributed by atoms with Crippen molar-refractivity contribution in [2.24, 2.45) is 7.05 Å². The second kappa shape index (κ2) is 11.7. The van der Waals surface area contributed by atoms with Gasteiger partial charge in [-0.15, -0.1) is 0 Å². The number of amides is 1. The molecule has 1 amide bonds. The highest BCUT2D eigenvalue weighted by atomic mass is 19.1. The summed E-state index contributed by atoms with van der Waals surface area (Å²) in [5.74, 6) is -1.15. The van der Waals surface area contributed by atoms with Crippen molar-refractivity contribution in [3.63, 3.8) is 0 Å². The first-order valence-corrected chi connectivity index (χ1v) is 13.8. The van der Waals surface area contributed by atoms with Crippen LogP contribution in [0.4, 0.5) is 26.1 Å². The summed E-state index contributed by atoms with van der Waals surface area (Å²) in [4.78, 5) is 42.1. The van der Waals surface area contributed by atoms with Crippen LogP contribution in [0.5, 0.6) is 0 Å². The van der Waals surface area contributed by atoms with Crippen LogP contribution >= 0.6 is 0 Å². The molecule has 1 saturated heterocycles. The van der Waals surface area contributed by atoms with E-state index in [0.717, 1.165) is 47.4 Å². The van der Waals surface area contributed by atoms with Crippen LogP contribution < -0.4 is 21.5 Å². The fourth-order valence-electron chi connectivity index (χ4n) is 5.09. The lowest BCUT2D eigenvalue weighted by Crippen LogP contribution is -2.36. The van der Waals surface area contributed by atoms with Crippen LogP contribution in [0.3, 0.4) is 0 Å². The van der Waals surface area contributed by atoms with Gasteiger partial charge in [-0.25, -0.2) is 28.4 Å². The number of nitrogen functional groups attached to an aromatic ring is 1. The van der Waals surface area contributed by atoms with E-state index in [1.54, 1.807) is 43.6 Å². The van der Waals surface area contributed by atoms with Crippen LogP contribution in [0.15, 0.2) is 71.8 Å². The molecule has 3 aromatic heterocycles. The van der Waals surface area contributed by atoms with Crippen LogP contribution in [-0.4, -0.2) is 56.5 Å². The maximum Gasteiger partial charge on any atom is 0.284 e. The lowest BCUT2D eigenvalue weighted by Gasteiger charge is -2.28. The third-order valence-electron chi connectivity index (χ3n) is 7.51. The van der Waals surface area contributed by atoms with Gasteiger partial charge in [-0.2, -0.15) is 0 Å². The molecule has 1 aliphatic rings. The number of nitrogens with one attached hydrogen (secondary N) is 1. The average molecular weight is 599 g/mol. The molecule has 0 unspecified atom stereocenters. The van der Waals surface area contributed by atoms with Gasteiger partial charge in [0.15, 0.2) is 0 Å². The quantitative estimate of drug-likeness (QED) is 0.300. The number of halogens is 2. The predicted molar refractivity (Wildman–Crippen MR) is 162 cm³/mol. The largest absolute Gasteiger partial charge is 0.382 e. The van der Waals surface area contributed by atoms with E-state index in [2.05, 4.69) is 20.2 Å². The molecule has 0 spiro atoms. The van der Waals surface area contributed by atoms with E-state index in [-0.39, 0.29) is 22.8 Å². The minimum atomic E-state index is -0.801. The van der Waals surface area contributed by atoms with E-state index in [1.165, 1.54) is 11.7 Å². The first-order valence-electron chi connectivity index (χ1n) is 13.8. The molecule has 0 bridgehead atoms. The number of carbonyl (C=O) groups excluding carboxylic acids is 1. The van der Waals surface area contributed by atoms with E-state index in [9.17, 15) is 18.4 Å². The van der Waals surface area contributed by atoms with Crippen LogP contribution in [0.1, 0.15) is 16.1 Å². The lowest BCUT2D eigenvalue weighted by molar-refractivity contribution is 0.102. The van der Waals surface area contributed by atoms with E-state index in [1.807, 2.05) is 12.1 Å². The molecule has 6 rings (SSSR count). The van der Waals surface area contributed by atoms with Crippen LogP contribution in [0.25, 0.3) is 28.2 Å². The topological polar surface area (TPSA) is 133 Å². The van der Waals surface area contributed by atoms with Crippen molar-refractivity contribution >= 4 is 23.2 Å². The van der Waals surface area contributed by atoms with E-state index in [0.29, 0.717) is 35.9 Å². The summed E-state index contributed by atoms with van der Waals surface area (Å²) in [6, 6.07) is 13.3. The molecule has 11 nitrogen and oxygen atoms in total. The maximum atomic E-state index is 14.5. The molecule has 1 aliphatic heterocycles. The summed E-state index contributed by atoms with van der Waals surface area (Å²) in [7, 11) is 1.49. The molecule has 44 heavy (non-hydrogen) atoms. The number of anilines is 3. The Kier molecular flexibility index (Phi) is 7.62. The second-order valence-electron chi connectivity index (χ2n) is 10.2. The van der Waals surface area contributed by atoms with E-state index in [4.69, 9.17) is 15.5 Å². The van der Waals surface area contributed by atoms with Gasteiger partial charge in [0.25, 0.3) is 11.5 Å². The Morgan fingerprint density at radius 1 is 1.00 bits per heavy atom. The summed E-state index contributed by atoms with van der Waals surface area (Å²) >= 11 is 0. The highest BCUT2D eigenvalue weighted by molar-refractivity contribution is 6.05. The monoisotopic (exact) mass is 598 g/mol.